The SMILES string of the molecule is COc1cc(-c2n[nH]c(C3CCNCC3)n2)cc(OC)c1OC. The number of benzene rings is 1. The first-order chi connectivity index (χ1) is 11.3. The largest absolute Gasteiger partial charge is 0.493 e. The van der Waals surface area contributed by atoms with Crippen LogP contribution in [0.3, 0.4) is 0 Å². The first-order valence-corrected chi connectivity index (χ1v) is 7.70. The maximum atomic E-state index is 5.38. The van der Waals surface area contributed by atoms with E-state index in [1.165, 1.54) is 0 Å². The molecule has 1 aromatic carbocycles. The van der Waals surface area contributed by atoms with Gasteiger partial charge < -0.3 is 19.5 Å². The van der Waals surface area contributed by atoms with Crippen LogP contribution in [0.4, 0.5) is 0 Å². The second-order valence-electron chi connectivity index (χ2n) is 5.48. The number of H-pyrrole nitrogens is 1. The number of rotatable bonds is 5. The summed E-state index contributed by atoms with van der Waals surface area (Å²) in [7, 11) is 4.78. The number of hydrogen-bond donors (Lipinski definition) is 2. The Morgan fingerprint density at radius 2 is 1.65 bits per heavy atom. The fourth-order valence-corrected chi connectivity index (χ4v) is 2.89. The number of nitrogens with one attached hydrogen (secondary N) is 2. The smallest absolute Gasteiger partial charge is 0.203 e. The monoisotopic (exact) mass is 318 g/mol. The van der Waals surface area contributed by atoms with Crippen molar-refractivity contribution in [2.45, 2.75) is 18.8 Å². The molecule has 3 rings (SSSR count). The normalized spacial score (nSPS) is 15.4. The molecule has 0 unspecified atom stereocenters. The molecular weight excluding hydrogens is 296 g/mol. The van der Waals surface area contributed by atoms with E-state index in [-0.39, 0.29) is 0 Å². The van der Waals surface area contributed by atoms with Gasteiger partial charge in [0.15, 0.2) is 17.3 Å². The van der Waals surface area contributed by atoms with Gasteiger partial charge in [-0.05, 0) is 38.1 Å². The fraction of sp³-hybridized carbons (Fsp3) is 0.500. The predicted octanol–water partition coefficient (Wildman–Crippen LogP) is 1.96. The molecule has 1 aromatic heterocycles. The third kappa shape index (κ3) is 3.10. The van der Waals surface area contributed by atoms with Crippen molar-refractivity contribution in [3.8, 4) is 28.6 Å². The van der Waals surface area contributed by atoms with E-state index in [1.807, 2.05) is 12.1 Å². The number of nitrogens with zero attached hydrogens (tertiary/aromatic N) is 2. The maximum Gasteiger partial charge on any atom is 0.203 e. The molecule has 2 heterocycles. The van der Waals surface area contributed by atoms with Crippen molar-refractivity contribution in [2.24, 2.45) is 0 Å². The highest BCUT2D eigenvalue weighted by Crippen LogP contribution is 2.40. The Morgan fingerprint density at radius 3 is 2.22 bits per heavy atom. The van der Waals surface area contributed by atoms with Crippen LogP contribution in [-0.4, -0.2) is 49.6 Å². The van der Waals surface area contributed by atoms with E-state index >= 15 is 0 Å². The van der Waals surface area contributed by atoms with Crippen molar-refractivity contribution in [3.05, 3.63) is 18.0 Å². The van der Waals surface area contributed by atoms with Gasteiger partial charge in [-0.2, -0.15) is 5.10 Å². The van der Waals surface area contributed by atoms with Gasteiger partial charge in [0, 0.05) is 11.5 Å². The molecule has 1 fully saturated rings. The van der Waals surface area contributed by atoms with Gasteiger partial charge in [-0.25, -0.2) is 4.98 Å². The molecule has 2 aromatic rings. The van der Waals surface area contributed by atoms with Crippen LogP contribution in [-0.2, 0) is 0 Å². The topological polar surface area (TPSA) is 81.3 Å². The molecule has 1 aliphatic rings. The van der Waals surface area contributed by atoms with Gasteiger partial charge in [0.1, 0.15) is 5.82 Å². The summed E-state index contributed by atoms with van der Waals surface area (Å²) >= 11 is 0. The van der Waals surface area contributed by atoms with Gasteiger partial charge in [-0.1, -0.05) is 0 Å². The third-order valence-electron chi connectivity index (χ3n) is 4.15. The summed E-state index contributed by atoms with van der Waals surface area (Å²) in [5, 5.41) is 10.8. The molecule has 7 heteroatoms. The van der Waals surface area contributed by atoms with Crippen LogP contribution in [0.15, 0.2) is 12.1 Å². The fourth-order valence-electron chi connectivity index (χ4n) is 2.89. The van der Waals surface area contributed by atoms with Gasteiger partial charge >= 0.3 is 0 Å². The lowest BCUT2D eigenvalue weighted by atomic mass is 9.98. The summed E-state index contributed by atoms with van der Waals surface area (Å²) in [6.45, 7) is 2.04. The number of piperidine rings is 1. The molecule has 1 saturated heterocycles. The summed E-state index contributed by atoms with van der Waals surface area (Å²) < 4.78 is 16.1. The Bertz CT molecular complexity index is 640. The molecule has 1 aliphatic heterocycles. The molecule has 0 atom stereocenters. The number of aromatic nitrogens is 3. The first kappa shape index (κ1) is 15.6. The molecule has 0 amide bonds. The van der Waals surface area contributed by atoms with Crippen molar-refractivity contribution < 1.29 is 14.2 Å². The summed E-state index contributed by atoms with van der Waals surface area (Å²) in [4.78, 5) is 4.66. The Hall–Kier alpha value is -2.28. The van der Waals surface area contributed by atoms with Gasteiger partial charge in [-0.3, -0.25) is 5.10 Å². The Morgan fingerprint density at radius 1 is 1.00 bits per heavy atom. The highest BCUT2D eigenvalue weighted by molar-refractivity contribution is 5.66. The van der Waals surface area contributed by atoms with Gasteiger partial charge in [0.2, 0.25) is 5.75 Å². The Balaban J connectivity index is 1.93. The minimum Gasteiger partial charge on any atom is -0.493 e. The molecular formula is C16H22N4O3. The van der Waals surface area contributed by atoms with Crippen molar-refractivity contribution >= 4 is 0 Å². The second-order valence-corrected chi connectivity index (χ2v) is 5.48. The van der Waals surface area contributed by atoms with E-state index in [1.54, 1.807) is 21.3 Å². The van der Waals surface area contributed by atoms with Gasteiger partial charge in [0.25, 0.3) is 0 Å². The number of hydrogen-bond acceptors (Lipinski definition) is 6. The zero-order valence-electron chi connectivity index (χ0n) is 13.7. The van der Waals surface area contributed by atoms with Crippen LogP contribution < -0.4 is 19.5 Å². The molecule has 0 saturated carbocycles. The molecule has 0 spiro atoms. The van der Waals surface area contributed by atoms with Crippen LogP contribution >= 0.6 is 0 Å². The highest BCUT2D eigenvalue weighted by Gasteiger charge is 2.21. The molecule has 2 N–H and O–H groups in total. The number of methoxy groups -OCH3 is 3. The highest BCUT2D eigenvalue weighted by atomic mass is 16.5. The lowest BCUT2D eigenvalue weighted by Crippen LogP contribution is -2.27. The second kappa shape index (κ2) is 6.87. The molecule has 0 bridgehead atoms. The Kier molecular flexibility index (Phi) is 4.66. The number of aromatic amines is 1. The number of ether oxygens (including phenoxy) is 3. The van der Waals surface area contributed by atoms with Crippen LogP contribution in [0.5, 0.6) is 17.2 Å². The van der Waals surface area contributed by atoms with Gasteiger partial charge in [0.05, 0.1) is 21.3 Å². The average molecular weight is 318 g/mol. The standard InChI is InChI=1S/C16H22N4O3/c1-21-12-8-11(9-13(22-2)14(12)23-3)16-18-15(19-20-16)10-4-6-17-7-5-10/h8-10,17H,4-7H2,1-3H3,(H,18,19,20). The molecule has 7 nitrogen and oxygen atoms in total. The van der Waals surface area contributed by atoms with E-state index in [0.29, 0.717) is 29.0 Å². The molecule has 0 aliphatic carbocycles. The minimum absolute atomic E-state index is 0.430. The predicted molar refractivity (Wildman–Crippen MR) is 86.3 cm³/mol. The first-order valence-electron chi connectivity index (χ1n) is 7.70. The summed E-state index contributed by atoms with van der Waals surface area (Å²) in [5.74, 6) is 3.76. The third-order valence-corrected chi connectivity index (χ3v) is 4.15. The van der Waals surface area contributed by atoms with Crippen LogP contribution in [0.25, 0.3) is 11.4 Å². The average Bonchev–Trinajstić information content (AvgIpc) is 3.11. The van der Waals surface area contributed by atoms with Crippen LogP contribution in [0, 0.1) is 0 Å². The van der Waals surface area contributed by atoms with E-state index in [4.69, 9.17) is 14.2 Å². The molecule has 0 radical (unpaired) electrons. The van der Waals surface area contributed by atoms with Crippen molar-refractivity contribution in [1.29, 1.82) is 0 Å². The zero-order chi connectivity index (χ0) is 16.2. The molecule has 23 heavy (non-hydrogen) atoms. The van der Waals surface area contributed by atoms with Crippen molar-refractivity contribution in [2.75, 3.05) is 34.4 Å². The van der Waals surface area contributed by atoms with Crippen LogP contribution in [0.1, 0.15) is 24.6 Å². The van der Waals surface area contributed by atoms with E-state index < -0.39 is 0 Å². The minimum atomic E-state index is 0.430. The van der Waals surface area contributed by atoms with E-state index in [0.717, 1.165) is 37.3 Å². The summed E-state index contributed by atoms with van der Waals surface area (Å²) in [6.07, 6.45) is 2.15. The summed E-state index contributed by atoms with van der Waals surface area (Å²) in [5.41, 5.74) is 0.830. The Labute approximate surface area is 135 Å². The van der Waals surface area contributed by atoms with E-state index in [9.17, 15) is 0 Å². The quantitative estimate of drug-likeness (QED) is 0.877. The lowest BCUT2D eigenvalue weighted by molar-refractivity contribution is 0.324. The lowest BCUT2D eigenvalue weighted by Gasteiger charge is -2.19. The van der Waals surface area contributed by atoms with E-state index in [2.05, 4.69) is 20.5 Å². The van der Waals surface area contributed by atoms with Crippen LogP contribution in [0.2, 0.25) is 0 Å². The van der Waals surface area contributed by atoms with Crippen molar-refractivity contribution in [1.82, 2.24) is 20.5 Å². The van der Waals surface area contributed by atoms with Crippen molar-refractivity contribution in [3.63, 3.8) is 0 Å². The van der Waals surface area contributed by atoms with Gasteiger partial charge in [-0.15, -0.1) is 0 Å². The molecule has 124 valence electrons. The maximum absolute atomic E-state index is 5.38. The zero-order valence-corrected chi connectivity index (χ0v) is 13.7. The summed E-state index contributed by atoms with van der Waals surface area (Å²) in [6, 6.07) is 3.72.